The molecule has 9 nitrogen and oxygen atoms in total. The minimum atomic E-state index is -3.61. The Balaban J connectivity index is 2.31. The number of aryl methyl sites for hydroxylation is 2. The third kappa shape index (κ3) is 5.56. The van der Waals surface area contributed by atoms with Crippen LogP contribution in [0.5, 0.6) is 0 Å². The number of aliphatic carboxylic acids is 1. The third-order valence-corrected chi connectivity index (χ3v) is 5.51. The molecule has 0 aliphatic heterocycles. The van der Waals surface area contributed by atoms with Gasteiger partial charge in [0.2, 0.25) is 10.0 Å². The van der Waals surface area contributed by atoms with Crippen LogP contribution in [-0.4, -0.2) is 40.9 Å². The quantitative estimate of drug-likeness (QED) is 0.580. The fourth-order valence-corrected chi connectivity index (χ4v) is 3.96. The monoisotopic (exact) mass is 408 g/mol. The Morgan fingerprint density at radius 2 is 1.96 bits per heavy atom. The lowest BCUT2D eigenvalue weighted by atomic mass is 9.98. The van der Waals surface area contributed by atoms with Gasteiger partial charge in [-0.3, -0.25) is 19.0 Å². The summed E-state index contributed by atoms with van der Waals surface area (Å²) in [5.74, 6) is -1.82. The van der Waals surface area contributed by atoms with Crippen molar-refractivity contribution in [2.45, 2.75) is 32.7 Å². The number of nitrogens with one attached hydrogen (secondary N) is 2. The van der Waals surface area contributed by atoms with Crippen LogP contribution in [0.2, 0.25) is 0 Å². The number of carboxylic acids is 1. The fraction of sp³-hybridized carbons (Fsp3) is 0.389. The molecule has 0 radical (unpaired) electrons. The summed E-state index contributed by atoms with van der Waals surface area (Å²) >= 11 is 0. The summed E-state index contributed by atoms with van der Waals surface area (Å²) in [7, 11) is -2.05. The zero-order valence-electron chi connectivity index (χ0n) is 16.0. The third-order valence-electron chi connectivity index (χ3n) is 4.03. The number of aromatic nitrogens is 2. The molecule has 1 aromatic carbocycles. The highest BCUT2D eigenvalue weighted by molar-refractivity contribution is 7.92. The number of hydrogen-bond donors (Lipinski definition) is 3. The minimum absolute atomic E-state index is 0.0484. The van der Waals surface area contributed by atoms with Crippen molar-refractivity contribution in [1.29, 1.82) is 0 Å². The Labute approximate surface area is 163 Å². The summed E-state index contributed by atoms with van der Waals surface area (Å²) in [5, 5.41) is 15.9. The zero-order valence-corrected chi connectivity index (χ0v) is 16.8. The normalized spacial score (nSPS) is 12.4. The molecule has 3 N–H and O–H groups in total. The number of carbonyl (C=O) groups excluding carboxylic acids is 1. The van der Waals surface area contributed by atoms with Gasteiger partial charge in [0, 0.05) is 13.2 Å². The number of carboxylic acid groups (broad SMARTS) is 1. The number of hydrogen-bond acceptors (Lipinski definition) is 5. The number of carbonyl (C=O) groups is 2. The average Bonchev–Trinajstić information content (AvgIpc) is 2.93. The van der Waals surface area contributed by atoms with Gasteiger partial charge in [-0.1, -0.05) is 31.2 Å². The molecule has 1 heterocycles. The largest absolute Gasteiger partial charge is 0.481 e. The first-order chi connectivity index (χ1) is 13.1. The molecular weight excluding hydrogens is 384 g/mol. The number of rotatable bonds is 9. The highest BCUT2D eigenvalue weighted by Crippen LogP contribution is 2.23. The molecule has 0 unspecified atom stereocenters. The van der Waals surface area contributed by atoms with Gasteiger partial charge in [-0.05, 0) is 24.5 Å². The molecular formula is C18H24N4O5S. The topological polar surface area (TPSA) is 130 Å². The lowest BCUT2D eigenvalue weighted by Crippen LogP contribution is -2.31. The summed E-state index contributed by atoms with van der Waals surface area (Å²) in [6, 6.07) is 6.36. The summed E-state index contributed by atoms with van der Waals surface area (Å²) < 4.78 is 27.8. The smallest absolute Gasteiger partial charge is 0.305 e. The van der Waals surface area contributed by atoms with E-state index in [1.54, 1.807) is 26.1 Å². The maximum atomic E-state index is 12.8. The van der Waals surface area contributed by atoms with Crippen LogP contribution in [0.3, 0.4) is 0 Å². The van der Waals surface area contributed by atoms with Crippen molar-refractivity contribution in [1.82, 2.24) is 15.1 Å². The highest BCUT2D eigenvalue weighted by atomic mass is 32.2. The van der Waals surface area contributed by atoms with Crippen LogP contribution in [0.15, 0.2) is 30.5 Å². The SMILES string of the molecule is CCCS(=O)(=O)Nc1cn(C)nc1C(=O)N[C@@H](CC(=O)O)c1ccccc1C. The molecule has 0 aliphatic carbocycles. The van der Waals surface area contributed by atoms with Crippen LogP contribution in [0.1, 0.15) is 47.4 Å². The lowest BCUT2D eigenvalue weighted by Gasteiger charge is -2.19. The van der Waals surface area contributed by atoms with E-state index in [0.717, 1.165) is 5.56 Å². The Morgan fingerprint density at radius 1 is 1.29 bits per heavy atom. The standard InChI is InChI=1S/C18H24N4O5S/c1-4-9-28(26,27)21-15-11-22(3)20-17(15)18(25)19-14(10-16(23)24)13-8-6-5-7-12(13)2/h5-8,11,14,21H,4,9-10H2,1-3H3,(H,19,25)(H,23,24)/t14-/m0/s1. The molecule has 2 aromatic rings. The fourth-order valence-electron chi connectivity index (χ4n) is 2.84. The molecule has 0 bridgehead atoms. The van der Waals surface area contributed by atoms with E-state index in [1.807, 2.05) is 19.1 Å². The van der Waals surface area contributed by atoms with E-state index in [4.69, 9.17) is 0 Å². The van der Waals surface area contributed by atoms with Crippen molar-refractivity contribution in [3.63, 3.8) is 0 Å². The Morgan fingerprint density at radius 3 is 2.57 bits per heavy atom. The van der Waals surface area contributed by atoms with Crippen LogP contribution < -0.4 is 10.0 Å². The van der Waals surface area contributed by atoms with Crippen molar-refractivity contribution < 1.29 is 23.1 Å². The summed E-state index contributed by atoms with van der Waals surface area (Å²) in [6.07, 6.45) is 1.49. The van der Waals surface area contributed by atoms with E-state index in [0.29, 0.717) is 12.0 Å². The first-order valence-electron chi connectivity index (χ1n) is 8.75. The van der Waals surface area contributed by atoms with Gasteiger partial charge in [-0.2, -0.15) is 5.10 Å². The van der Waals surface area contributed by atoms with E-state index in [9.17, 15) is 23.1 Å². The molecule has 1 atom stereocenters. The molecule has 1 aromatic heterocycles. The number of anilines is 1. The summed E-state index contributed by atoms with van der Waals surface area (Å²) in [6.45, 7) is 3.55. The molecule has 0 saturated heterocycles. The van der Waals surface area contributed by atoms with Gasteiger partial charge >= 0.3 is 5.97 Å². The molecule has 0 aliphatic rings. The Hall–Kier alpha value is -2.88. The summed E-state index contributed by atoms with van der Waals surface area (Å²) in [4.78, 5) is 24.1. The molecule has 10 heteroatoms. The predicted molar refractivity (Wildman–Crippen MR) is 105 cm³/mol. The first-order valence-corrected chi connectivity index (χ1v) is 10.4. The maximum Gasteiger partial charge on any atom is 0.305 e. The predicted octanol–water partition coefficient (Wildman–Crippen LogP) is 1.83. The number of amides is 1. The van der Waals surface area contributed by atoms with Crippen LogP contribution >= 0.6 is 0 Å². The van der Waals surface area contributed by atoms with Gasteiger partial charge in [0.05, 0.1) is 23.9 Å². The Kier molecular flexibility index (Phi) is 6.79. The molecule has 152 valence electrons. The van der Waals surface area contributed by atoms with E-state index in [1.165, 1.54) is 10.9 Å². The second-order valence-electron chi connectivity index (χ2n) is 6.47. The van der Waals surface area contributed by atoms with Gasteiger partial charge in [-0.15, -0.1) is 0 Å². The van der Waals surface area contributed by atoms with E-state index >= 15 is 0 Å². The summed E-state index contributed by atoms with van der Waals surface area (Å²) in [5.41, 5.74) is 1.43. The van der Waals surface area contributed by atoms with Gasteiger partial charge in [0.25, 0.3) is 5.91 Å². The van der Waals surface area contributed by atoms with E-state index < -0.39 is 27.9 Å². The van der Waals surface area contributed by atoms with Crippen molar-refractivity contribution in [3.05, 3.63) is 47.3 Å². The van der Waals surface area contributed by atoms with Crippen LogP contribution in [0.4, 0.5) is 5.69 Å². The van der Waals surface area contributed by atoms with Crippen LogP contribution in [0, 0.1) is 6.92 Å². The van der Waals surface area contributed by atoms with Gasteiger partial charge in [0.15, 0.2) is 5.69 Å². The number of nitrogens with zero attached hydrogens (tertiary/aromatic N) is 2. The molecule has 0 spiro atoms. The molecule has 0 saturated carbocycles. The molecule has 2 rings (SSSR count). The number of sulfonamides is 1. The Bertz CT molecular complexity index is 968. The molecule has 1 amide bonds. The zero-order chi connectivity index (χ0) is 20.9. The van der Waals surface area contributed by atoms with Crippen LogP contribution in [-0.2, 0) is 21.9 Å². The molecule has 28 heavy (non-hydrogen) atoms. The second-order valence-corrected chi connectivity index (χ2v) is 8.31. The number of benzene rings is 1. The van der Waals surface area contributed by atoms with Gasteiger partial charge in [0.1, 0.15) is 0 Å². The van der Waals surface area contributed by atoms with Crippen molar-refractivity contribution in [3.8, 4) is 0 Å². The van der Waals surface area contributed by atoms with E-state index in [2.05, 4.69) is 15.1 Å². The van der Waals surface area contributed by atoms with Crippen molar-refractivity contribution in [2.24, 2.45) is 7.05 Å². The van der Waals surface area contributed by atoms with Gasteiger partial charge < -0.3 is 10.4 Å². The van der Waals surface area contributed by atoms with Crippen LogP contribution in [0.25, 0.3) is 0 Å². The van der Waals surface area contributed by atoms with Crippen molar-refractivity contribution >= 4 is 27.6 Å². The molecule has 0 fully saturated rings. The lowest BCUT2D eigenvalue weighted by molar-refractivity contribution is -0.137. The minimum Gasteiger partial charge on any atom is -0.481 e. The highest BCUT2D eigenvalue weighted by Gasteiger charge is 2.25. The first kappa shape index (κ1) is 21.4. The maximum absolute atomic E-state index is 12.8. The van der Waals surface area contributed by atoms with E-state index in [-0.39, 0.29) is 23.6 Å². The van der Waals surface area contributed by atoms with Crippen molar-refractivity contribution in [2.75, 3.05) is 10.5 Å². The van der Waals surface area contributed by atoms with Gasteiger partial charge in [-0.25, -0.2) is 8.42 Å². The average molecular weight is 408 g/mol. The second kappa shape index (κ2) is 8.87.